The summed E-state index contributed by atoms with van der Waals surface area (Å²) < 4.78 is 27.4. The van der Waals surface area contributed by atoms with Crippen molar-refractivity contribution in [2.45, 2.75) is 23.8 Å². The molecule has 7 nitrogen and oxygen atoms in total. The highest BCUT2D eigenvalue weighted by atomic mass is 35.5. The second-order valence-electron chi connectivity index (χ2n) is 7.30. The van der Waals surface area contributed by atoms with Crippen molar-refractivity contribution < 1.29 is 13.2 Å². The lowest BCUT2D eigenvalue weighted by atomic mass is 10.0. The van der Waals surface area contributed by atoms with E-state index in [0.717, 1.165) is 31.6 Å². The van der Waals surface area contributed by atoms with E-state index in [-0.39, 0.29) is 16.8 Å². The average molecular weight is 511 g/mol. The molecule has 1 aliphatic heterocycles. The van der Waals surface area contributed by atoms with Gasteiger partial charge in [0.05, 0.1) is 15.5 Å². The van der Waals surface area contributed by atoms with Gasteiger partial charge in [-0.05, 0) is 55.3 Å². The largest absolute Gasteiger partial charge is 0.371 e. The third-order valence-electron chi connectivity index (χ3n) is 5.17. The van der Waals surface area contributed by atoms with Crippen LogP contribution in [0.2, 0.25) is 10.0 Å². The van der Waals surface area contributed by atoms with Crippen LogP contribution in [0.15, 0.2) is 58.9 Å². The Morgan fingerprint density at radius 3 is 2.44 bits per heavy atom. The number of anilines is 2. The van der Waals surface area contributed by atoms with Gasteiger partial charge in [-0.15, -0.1) is 11.3 Å². The first-order valence-electron chi connectivity index (χ1n) is 9.85. The quantitative estimate of drug-likeness (QED) is 0.503. The standard InChI is InChI=1S/C21H20Cl2N4O3S2/c22-14-1-6-18(19(23)13-14)20(28)25-15-7-10-27(11-8-15)16-2-4-17(5-3-16)32(29,30)26-21-24-9-12-31-21/h1-6,9,12-13,15H,7-8,10-11H2,(H,24,26)(H,25,28). The SMILES string of the molecule is O=C(NC1CCN(c2ccc(S(=O)(=O)Nc3nccs3)cc2)CC1)c1ccc(Cl)cc1Cl. The summed E-state index contributed by atoms with van der Waals surface area (Å²) >= 11 is 13.2. The van der Waals surface area contributed by atoms with Gasteiger partial charge < -0.3 is 10.2 Å². The third kappa shape index (κ3) is 5.35. The summed E-state index contributed by atoms with van der Waals surface area (Å²) in [7, 11) is -3.67. The van der Waals surface area contributed by atoms with E-state index in [4.69, 9.17) is 23.2 Å². The van der Waals surface area contributed by atoms with Gasteiger partial charge in [-0.2, -0.15) is 0 Å². The van der Waals surface area contributed by atoms with Crippen molar-refractivity contribution in [3.05, 3.63) is 69.7 Å². The normalized spacial score (nSPS) is 14.9. The zero-order chi connectivity index (χ0) is 22.7. The van der Waals surface area contributed by atoms with Gasteiger partial charge in [-0.1, -0.05) is 23.2 Å². The number of aromatic nitrogens is 1. The lowest BCUT2D eigenvalue weighted by Crippen LogP contribution is -2.44. The summed E-state index contributed by atoms with van der Waals surface area (Å²) in [5.41, 5.74) is 1.34. The number of amides is 1. The molecule has 0 unspecified atom stereocenters. The number of carbonyl (C=O) groups is 1. The molecule has 1 aromatic heterocycles. The summed E-state index contributed by atoms with van der Waals surface area (Å²) in [6.45, 7) is 1.48. The zero-order valence-corrected chi connectivity index (χ0v) is 19.9. The number of piperidine rings is 1. The van der Waals surface area contributed by atoms with E-state index >= 15 is 0 Å². The number of nitrogens with zero attached hydrogens (tertiary/aromatic N) is 2. The molecule has 0 saturated carbocycles. The maximum absolute atomic E-state index is 12.5. The van der Waals surface area contributed by atoms with Gasteiger partial charge in [0.1, 0.15) is 0 Å². The number of carbonyl (C=O) groups excluding carboxylic acids is 1. The molecule has 0 atom stereocenters. The number of nitrogens with one attached hydrogen (secondary N) is 2. The lowest BCUT2D eigenvalue weighted by molar-refractivity contribution is 0.0931. The first-order valence-corrected chi connectivity index (χ1v) is 13.0. The minimum Gasteiger partial charge on any atom is -0.371 e. The van der Waals surface area contributed by atoms with Crippen molar-refractivity contribution in [3.63, 3.8) is 0 Å². The number of sulfonamides is 1. The molecule has 11 heteroatoms. The maximum Gasteiger partial charge on any atom is 0.263 e. The van der Waals surface area contributed by atoms with Gasteiger partial charge in [0.25, 0.3) is 15.9 Å². The van der Waals surface area contributed by atoms with Crippen LogP contribution < -0.4 is 14.9 Å². The number of benzene rings is 2. The topological polar surface area (TPSA) is 91.4 Å². The molecule has 0 aliphatic carbocycles. The van der Waals surface area contributed by atoms with Crippen molar-refractivity contribution in [2.24, 2.45) is 0 Å². The van der Waals surface area contributed by atoms with E-state index in [1.165, 1.54) is 11.3 Å². The monoisotopic (exact) mass is 510 g/mol. The van der Waals surface area contributed by atoms with Crippen molar-refractivity contribution in [1.82, 2.24) is 10.3 Å². The molecule has 1 fully saturated rings. The fourth-order valence-electron chi connectivity index (χ4n) is 3.50. The summed E-state index contributed by atoms with van der Waals surface area (Å²) in [5.74, 6) is -0.215. The molecule has 4 rings (SSSR count). The predicted molar refractivity (Wildman–Crippen MR) is 129 cm³/mol. The van der Waals surface area contributed by atoms with Crippen LogP contribution in [0.1, 0.15) is 23.2 Å². The van der Waals surface area contributed by atoms with Crippen molar-refractivity contribution in [1.29, 1.82) is 0 Å². The number of hydrogen-bond acceptors (Lipinski definition) is 6. The Labute approximate surface area is 200 Å². The van der Waals surface area contributed by atoms with E-state index in [0.29, 0.717) is 20.7 Å². The van der Waals surface area contributed by atoms with E-state index < -0.39 is 10.0 Å². The highest BCUT2D eigenvalue weighted by molar-refractivity contribution is 7.93. The van der Waals surface area contributed by atoms with E-state index in [9.17, 15) is 13.2 Å². The number of halogens is 2. The van der Waals surface area contributed by atoms with Crippen LogP contribution in [0.4, 0.5) is 10.8 Å². The fraction of sp³-hybridized carbons (Fsp3) is 0.238. The van der Waals surface area contributed by atoms with Gasteiger partial charge in [-0.25, -0.2) is 13.4 Å². The average Bonchev–Trinajstić information content (AvgIpc) is 3.26. The molecule has 3 aromatic rings. The lowest BCUT2D eigenvalue weighted by Gasteiger charge is -2.34. The van der Waals surface area contributed by atoms with E-state index in [1.807, 2.05) is 0 Å². The van der Waals surface area contributed by atoms with E-state index in [2.05, 4.69) is 19.9 Å². The molecule has 168 valence electrons. The van der Waals surface area contributed by atoms with E-state index in [1.54, 1.807) is 54.0 Å². The fourth-order valence-corrected chi connectivity index (χ4v) is 5.79. The summed E-state index contributed by atoms with van der Waals surface area (Å²) in [4.78, 5) is 18.8. The first kappa shape index (κ1) is 22.8. The van der Waals surface area contributed by atoms with Gasteiger partial charge in [0.2, 0.25) is 0 Å². The molecule has 1 amide bonds. The Bertz CT molecular complexity index is 1190. The van der Waals surface area contributed by atoms with Crippen LogP contribution in [0.3, 0.4) is 0 Å². The summed E-state index contributed by atoms with van der Waals surface area (Å²) in [6, 6.07) is 11.6. The smallest absolute Gasteiger partial charge is 0.263 e. The molecule has 2 aromatic carbocycles. The summed E-state index contributed by atoms with van der Waals surface area (Å²) in [6.07, 6.45) is 3.08. The zero-order valence-electron chi connectivity index (χ0n) is 16.8. The Hall–Kier alpha value is -2.33. The molecule has 0 bridgehead atoms. The highest BCUT2D eigenvalue weighted by Gasteiger charge is 2.23. The molecular formula is C21H20Cl2N4O3S2. The van der Waals surface area contributed by atoms with Crippen LogP contribution in [-0.2, 0) is 10.0 Å². The highest BCUT2D eigenvalue weighted by Crippen LogP contribution is 2.25. The number of thiazole rings is 1. The van der Waals surface area contributed by atoms with Crippen molar-refractivity contribution in [3.8, 4) is 0 Å². The van der Waals surface area contributed by atoms with Crippen LogP contribution in [-0.4, -0.2) is 38.4 Å². The molecular weight excluding hydrogens is 491 g/mol. The Kier molecular flexibility index (Phi) is 6.90. The van der Waals surface area contributed by atoms with Crippen LogP contribution >= 0.6 is 34.5 Å². The third-order valence-corrected chi connectivity index (χ3v) is 7.89. The summed E-state index contributed by atoms with van der Waals surface area (Å²) in [5, 5.41) is 5.88. The molecule has 0 radical (unpaired) electrons. The van der Waals surface area contributed by atoms with Crippen LogP contribution in [0, 0.1) is 0 Å². The molecule has 1 saturated heterocycles. The Morgan fingerprint density at radius 1 is 1.09 bits per heavy atom. The van der Waals surface area contributed by atoms with Crippen LogP contribution in [0.25, 0.3) is 0 Å². The van der Waals surface area contributed by atoms with Gasteiger partial charge in [0, 0.05) is 41.4 Å². The molecule has 32 heavy (non-hydrogen) atoms. The van der Waals surface area contributed by atoms with Crippen molar-refractivity contribution in [2.75, 3.05) is 22.7 Å². The molecule has 0 spiro atoms. The Morgan fingerprint density at radius 2 is 1.81 bits per heavy atom. The van der Waals surface area contributed by atoms with Crippen molar-refractivity contribution >= 4 is 61.3 Å². The van der Waals surface area contributed by atoms with Crippen LogP contribution in [0.5, 0.6) is 0 Å². The maximum atomic E-state index is 12.5. The molecule has 1 aliphatic rings. The minimum atomic E-state index is -3.67. The molecule has 2 heterocycles. The first-order chi connectivity index (χ1) is 15.3. The Balaban J connectivity index is 1.33. The van der Waals surface area contributed by atoms with Gasteiger partial charge in [0.15, 0.2) is 5.13 Å². The second kappa shape index (κ2) is 9.66. The van der Waals surface area contributed by atoms with Gasteiger partial charge in [-0.3, -0.25) is 9.52 Å². The van der Waals surface area contributed by atoms with Gasteiger partial charge >= 0.3 is 0 Å². The minimum absolute atomic E-state index is 0.0349. The number of rotatable bonds is 6. The molecule has 2 N–H and O–H groups in total. The number of hydrogen-bond donors (Lipinski definition) is 2. The second-order valence-corrected chi connectivity index (χ2v) is 10.7. The predicted octanol–water partition coefficient (Wildman–Crippen LogP) is 4.65.